The van der Waals surface area contributed by atoms with Gasteiger partial charge in [0, 0.05) is 38.4 Å². The third-order valence-corrected chi connectivity index (χ3v) is 5.35. The summed E-state index contributed by atoms with van der Waals surface area (Å²) in [5.41, 5.74) is 3.41. The van der Waals surface area contributed by atoms with Crippen LogP contribution in [-0.4, -0.2) is 50.6 Å². The summed E-state index contributed by atoms with van der Waals surface area (Å²) in [6.45, 7) is 11.2. The van der Waals surface area contributed by atoms with Crippen molar-refractivity contribution in [1.82, 2.24) is 10.2 Å². The first-order chi connectivity index (χ1) is 13.8. The molecule has 0 saturated carbocycles. The van der Waals surface area contributed by atoms with E-state index in [-0.39, 0.29) is 17.9 Å². The summed E-state index contributed by atoms with van der Waals surface area (Å²) in [7, 11) is 2.16. The van der Waals surface area contributed by atoms with Gasteiger partial charge >= 0.3 is 0 Å². The second-order valence-electron chi connectivity index (χ2n) is 8.77. The van der Waals surface area contributed by atoms with Gasteiger partial charge in [-0.1, -0.05) is 51.1 Å². The van der Waals surface area contributed by atoms with Gasteiger partial charge in [0.05, 0.1) is 0 Å². The molecule has 0 radical (unpaired) electrons. The predicted molar refractivity (Wildman–Crippen MR) is 119 cm³/mol. The lowest BCUT2D eigenvalue weighted by Crippen LogP contribution is -2.44. The molecule has 1 aliphatic rings. The van der Waals surface area contributed by atoms with E-state index in [2.05, 4.69) is 73.3 Å². The molecule has 3 rings (SSSR count). The summed E-state index contributed by atoms with van der Waals surface area (Å²) in [6.07, 6.45) is 0. The smallest absolute Gasteiger partial charge is 0.258 e. The van der Waals surface area contributed by atoms with Gasteiger partial charge in [-0.3, -0.25) is 4.79 Å². The molecule has 1 aliphatic heterocycles. The normalized spacial score (nSPS) is 15.2. The fraction of sp³-hybridized carbons (Fsp3) is 0.458. The van der Waals surface area contributed by atoms with Crippen molar-refractivity contribution in [3.05, 3.63) is 59.7 Å². The van der Waals surface area contributed by atoms with Crippen LogP contribution in [0.2, 0.25) is 0 Å². The quantitative estimate of drug-likeness (QED) is 0.814. The molecule has 0 unspecified atom stereocenters. The van der Waals surface area contributed by atoms with Crippen LogP contribution in [0.1, 0.15) is 31.9 Å². The molecular weight excluding hydrogens is 362 g/mol. The fourth-order valence-corrected chi connectivity index (χ4v) is 3.50. The Morgan fingerprint density at radius 2 is 1.66 bits per heavy atom. The lowest BCUT2D eigenvalue weighted by atomic mass is 9.86. The summed E-state index contributed by atoms with van der Waals surface area (Å²) < 4.78 is 5.80. The Balaban J connectivity index is 1.48. The maximum atomic E-state index is 12.2. The zero-order valence-electron chi connectivity index (χ0n) is 18.1. The molecule has 1 amide bonds. The van der Waals surface area contributed by atoms with Crippen molar-refractivity contribution in [2.24, 2.45) is 0 Å². The monoisotopic (exact) mass is 395 g/mol. The number of anilines is 1. The van der Waals surface area contributed by atoms with Crippen LogP contribution in [-0.2, 0) is 16.8 Å². The maximum Gasteiger partial charge on any atom is 0.258 e. The van der Waals surface area contributed by atoms with Crippen LogP contribution < -0.4 is 15.0 Å². The number of nitrogens with one attached hydrogen (secondary N) is 1. The van der Waals surface area contributed by atoms with Gasteiger partial charge in [-0.15, -0.1) is 0 Å². The number of rotatable bonds is 6. The van der Waals surface area contributed by atoms with Crippen molar-refractivity contribution in [3.8, 4) is 5.75 Å². The molecule has 1 fully saturated rings. The van der Waals surface area contributed by atoms with E-state index in [1.54, 1.807) is 0 Å². The van der Waals surface area contributed by atoms with Crippen LogP contribution in [0.15, 0.2) is 48.5 Å². The molecule has 5 heteroatoms. The van der Waals surface area contributed by atoms with E-state index in [4.69, 9.17) is 4.74 Å². The summed E-state index contributed by atoms with van der Waals surface area (Å²) >= 11 is 0. The van der Waals surface area contributed by atoms with E-state index in [1.807, 2.05) is 18.2 Å². The Morgan fingerprint density at radius 1 is 1.00 bits per heavy atom. The first-order valence-corrected chi connectivity index (χ1v) is 10.3. The Kier molecular flexibility index (Phi) is 6.80. The summed E-state index contributed by atoms with van der Waals surface area (Å²) in [5.74, 6) is 0.656. The van der Waals surface area contributed by atoms with Crippen LogP contribution in [0.5, 0.6) is 5.75 Å². The van der Waals surface area contributed by atoms with Crippen LogP contribution in [0.4, 0.5) is 5.69 Å². The van der Waals surface area contributed by atoms with E-state index in [9.17, 15) is 4.79 Å². The number of carbonyl (C=O) groups is 1. The molecule has 5 nitrogen and oxygen atoms in total. The second-order valence-corrected chi connectivity index (χ2v) is 8.77. The lowest BCUT2D eigenvalue weighted by molar-refractivity contribution is -0.123. The molecule has 1 saturated heterocycles. The highest BCUT2D eigenvalue weighted by atomic mass is 16.5. The molecule has 1 heterocycles. The Bertz CT molecular complexity index is 804. The third-order valence-electron chi connectivity index (χ3n) is 5.35. The minimum absolute atomic E-state index is 0.0203. The summed E-state index contributed by atoms with van der Waals surface area (Å²) in [4.78, 5) is 17.0. The molecule has 0 spiro atoms. The fourth-order valence-electron chi connectivity index (χ4n) is 3.50. The van der Waals surface area contributed by atoms with Crippen molar-refractivity contribution in [3.63, 3.8) is 0 Å². The number of piperazine rings is 1. The standard InChI is InChI=1S/C24H33N3O2/c1-24(2,3)21-7-5-6-8-22(21)29-18-23(28)25-17-19-9-11-20(12-10-19)27-15-13-26(4)14-16-27/h5-12H,13-18H2,1-4H3,(H,25,28). The molecule has 0 aromatic heterocycles. The molecule has 0 aliphatic carbocycles. The average Bonchev–Trinajstić information content (AvgIpc) is 2.71. The topological polar surface area (TPSA) is 44.8 Å². The van der Waals surface area contributed by atoms with Crippen LogP contribution in [0, 0.1) is 0 Å². The lowest BCUT2D eigenvalue weighted by Gasteiger charge is -2.34. The van der Waals surface area contributed by atoms with Crippen molar-refractivity contribution in [1.29, 1.82) is 0 Å². The largest absolute Gasteiger partial charge is 0.483 e. The maximum absolute atomic E-state index is 12.2. The number of nitrogens with zero attached hydrogens (tertiary/aromatic N) is 2. The van der Waals surface area contributed by atoms with Gasteiger partial charge in [0.1, 0.15) is 5.75 Å². The van der Waals surface area contributed by atoms with Gasteiger partial charge in [0.25, 0.3) is 5.91 Å². The van der Waals surface area contributed by atoms with E-state index in [0.717, 1.165) is 43.1 Å². The number of carbonyl (C=O) groups excluding carboxylic acids is 1. The van der Waals surface area contributed by atoms with E-state index < -0.39 is 0 Å². The van der Waals surface area contributed by atoms with Gasteiger partial charge in [0.2, 0.25) is 0 Å². The first-order valence-electron chi connectivity index (χ1n) is 10.3. The van der Waals surface area contributed by atoms with Crippen molar-refractivity contribution in [2.45, 2.75) is 32.7 Å². The SMILES string of the molecule is CN1CCN(c2ccc(CNC(=O)COc3ccccc3C(C)(C)C)cc2)CC1. The van der Waals surface area contributed by atoms with Crippen molar-refractivity contribution in [2.75, 3.05) is 44.7 Å². The molecule has 29 heavy (non-hydrogen) atoms. The van der Waals surface area contributed by atoms with Crippen LogP contribution in [0.25, 0.3) is 0 Å². The number of para-hydroxylation sites is 1. The Hall–Kier alpha value is -2.53. The van der Waals surface area contributed by atoms with Gasteiger partial charge in [0.15, 0.2) is 6.61 Å². The summed E-state index contributed by atoms with van der Waals surface area (Å²) in [5, 5.41) is 2.95. The highest BCUT2D eigenvalue weighted by Gasteiger charge is 2.19. The number of ether oxygens (including phenoxy) is 1. The molecule has 0 bridgehead atoms. The van der Waals surface area contributed by atoms with E-state index in [0.29, 0.717) is 6.54 Å². The molecular formula is C24H33N3O2. The van der Waals surface area contributed by atoms with Crippen LogP contribution >= 0.6 is 0 Å². The highest BCUT2D eigenvalue weighted by Crippen LogP contribution is 2.30. The number of hydrogen-bond acceptors (Lipinski definition) is 4. The number of hydrogen-bond donors (Lipinski definition) is 1. The van der Waals surface area contributed by atoms with Gasteiger partial charge in [-0.2, -0.15) is 0 Å². The van der Waals surface area contributed by atoms with E-state index in [1.165, 1.54) is 5.69 Å². The predicted octanol–water partition coefficient (Wildman–Crippen LogP) is 3.43. The Morgan fingerprint density at radius 3 is 2.31 bits per heavy atom. The van der Waals surface area contributed by atoms with Crippen molar-refractivity contribution >= 4 is 11.6 Å². The van der Waals surface area contributed by atoms with Gasteiger partial charge in [-0.25, -0.2) is 0 Å². The Labute approximate surface area is 174 Å². The minimum atomic E-state index is -0.114. The van der Waals surface area contributed by atoms with Crippen molar-refractivity contribution < 1.29 is 9.53 Å². The zero-order valence-corrected chi connectivity index (χ0v) is 18.1. The zero-order chi connectivity index (χ0) is 20.9. The number of amides is 1. The number of benzene rings is 2. The van der Waals surface area contributed by atoms with Gasteiger partial charge in [-0.05, 0) is 41.8 Å². The summed E-state index contributed by atoms with van der Waals surface area (Å²) in [6, 6.07) is 16.4. The minimum Gasteiger partial charge on any atom is -0.483 e. The number of likely N-dealkylation sites (N-methyl/N-ethyl adjacent to an activating group) is 1. The molecule has 0 atom stereocenters. The molecule has 1 N–H and O–H groups in total. The average molecular weight is 396 g/mol. The highest BCUT2D eigenvalue weighted by molar-refractivity contribution is 5.77. The first kappa shape index (κ1) is 21.2. The van der Waals surface area contributed by atoms with Crippen LogP contribution in [0.3, 0.4) is 0 Å². The van der Waals surface area contributed by atoms with E-state index >= 15 is 0 Å². The molecule has 2 aromatic carbocycles. The second kappa shape index (κ2) is 9.31. The molecule has 156 valence electrons. The molecule has 2 aromatic rings. The third kappa shape index (κ3) is 5.97. The van der Waals surface area contributed by atoms with Gasteiger partial charge < -0.3 is 19.9 Å².